The first kappa shape index (κ1) is 14.3. The number of carboxylic acid groups (broad SMARTS) is 1. The summed E-state index contributed by atoms with van der Waals surface area (Å²) in [5.41, 5.74) is 0.827. The van der Waals surface area contributed by atoms with Gasteiger partial charge in [0.05, 0.1) is 11.8 Å². The van der Waals surface area contributed by atoms with E-state index in [0.717, 1.165) is 0 Å². The molecular weight excluding hydrogens is 288 g/mol. The molecule has 1 N–H and O–H groups in total. The van der Waals surface area contributed by atoms with Gasteiger partial charge in [-0.2, -0.15) is 5.10 Å². The zero-order valence-corrected chi connectivity index (χ0v) is 12.3. The Morgan fingerprint density at radius 2 is 2.23 bits per heavy atom. The number of hydrogen-bond acceptors (Lipinski definition) is 5. The van der Waals surface area contributed by atoms with Gasteiger partial charge in [-0.05, 0) is 19.8 Å². The fourth-order valence-corrected chi connectivity index (χ4v) is 2.65. The average molecular weight is 304 g/mol. The number of carbonyl (C=O) groups excluding carboxylic acids is 1. The van der Waals surface area contributed by atoms with Gasteiger partial charge in [-0.1, -0.05) is 0 Å². The van der Waals surface area contributed by atoms with E-state index in [2.05, 4.69) is 10.1 Å². The predicted molar refractivity (Wildman–Crippen MR) is 75.1 cm³/mol. The Morgan fingerprint density at radius 3 is 2.86 bits per heavy atom. The summed E-state index contributed by atoms with van der Waals surface area (Å²) >= 11 is 0. The van der Waals surface area contributed by atoms with E-state index in [4.69, 9.17) is 4.42 Å². The normalized spacial score (nSPS) is 17.9. The summed E-state index contributed by atoms with van der Waals surface area (Å²) in [6.45, 7) is 2.07. The van der Waals surface area contributed by atoms with Crippen LogP contribution in [0.3, 0.4) is 0 Å². The lowest BCUT2D eigenvalue weighted by Crippen LogP contribution is -2.40. The first-order chi connectivity index (χ1) is 10.5. The Morgan fingerprint density at radius 1 is 1.45 bits per heavy atom. The molecule has 2 aromatic heterocycles. The summed E-state index contributed by atoms with van der Waals surface area (Å²) < 4.78 is 7.14. The number of rotatable bonds is 3. The van der Waals surface area contributed by atoms with Crippen LogP contribution in [0.2, 0.25) is 0 Å². The van der Waals surface area contributed by atoms with E-state index in [0.29, 0.717) is 36.6 Å². The molecule has 0 aliphatic carbocycles. The van der Waals surface area contributed by atoms with Crippen LogP contribution in [-0.4, -0.2) is 49.2 Å². The number of amides is 1. The van der Waals surface area contributed by atoms with Gasteiger partial charge in [-0.3, -0.25) is 9.48 Å². The standard InChI is InChI=1S/C14H16N4O4/c1-8-11(13(19)18-5-3-4-10(18)14(20)21)16-12(22-8)9-6-15-17(2)7-9/h6-7,10H,3-5H2,1-2H3,(H,20,21). The molecule has 2 aromatic rings. The second kappa shape index (κ2) is 5.28. The van der Waals surface area contributed by atoms with E-state index in [9.17, 15) is 14.7 Å². The van der Waals surface area contributed by atoms with Gasteiger partial charge in [0.15, 0.2) is 5.69 Å². The molecule has 0 radical (unpaired) electrons. The largest absolute Gasteiger partial charge is 0.480 e. The maximum Gasteiger partial charge on any atom is 0.326 e. The van der Waals surface area contributed by atoms with Crippen LogP contribution >= 0.6 is 0 Å². The lowest BCUT2D eigenvalue weighted by atomic mass is 10.2. The van der Waals surface area contributed by atoms with Crippen molar-refractivity contribution in [3.8, 4) is 11.5 Å². The van der Waals surface area contributed by atoms with Gasteiger partial charge < -0.3 is 14.4 Å². The lowest BCUT2D eigenvalue weighted by molar-refractivity contribution is -0.141. The van der Waals surface area contributed by atoms with Crippen molar-refractivity contribution in [1.29, 1.82) is 0 Å². The summed E-state index contributed by atoms with van der Waals surface area (Å²) in [5.74, 6) is -0.708. The molecule has 3 rings (SSSR count). The van der Waals surface area contributed by atoms with Gasteiger partial charge in [-0.25, -0.2) is 9.78 Å². The van der Waals surface area contributed by atoms with E-state index in [1.807, 2.05) is 0 Å². The van der Waals surface area contributed by atoms with E-state index in [1.165, 1.54) is 4.90 Å². The Labute approximate surface area is 126 Å². The highest BCUT2D eigenvalue weighted by atomic mass is 16.4. The van der Waals surface area contributed by atoms with Crippen molar-refractivity contribution in [2.75, 3.05) is 6.54 Å². The third-order valence-corrected chi connectivity index (χ3v) is 3.75. The second-order valence-electron chi connectivity index (χ2n) is 5.32. The number of hydrogen-bond donors (Lipinski definition) is 1. The number of aromatic nitrogens is 3. The molecule has 1 aliphatic heterocycles. The molecule has 8 heteroatoms. The molecule has 1 unspecified atom stereocenters. The molecule has 8 nitrogen and oxygen atoms in total. The number of likely N-dealkylation sites (tertiary alicyclic amines) is 1. The highest BCUT2D eigenvalue weighted by Gasteiger charge is 2.36. The number of aliphatic carboxylic acids is 1. The molecule has 1 amide bonds. The van der Waals surface area contributed by atoms with Gasteiger partial charge in [0.25, 0.3) is 5.91 Å². The van der Waals surface area contributed by atoms with Gasteiger partial charge in [0.2, 0.25) is 5.89 Å². The number of aryl methyl sites for hydroxylation is 2. The molecule has 1 fully saturated rings. The monoisotopic (exact) mass is 304 g/mol. The summed E-state index contributed by atoms with van der Waals surface area (Å²) in [7, 11) is 1.77. The molecule has 1 aliphatic rings. The number of oxazole rings is 1. The minimum atomic E-state index is -0.987. The molecule has 22 heavy (non-hydrogen) atoms. The lowest BCUT2D eigenvalue weighted by Gasteiger charge is -2.20. The Bertz CT molecular complexity index is 733. The van der Waals surface area contributed by atoms with Crippen molar-refractivity contribution < 1.29 is 19.1 Å². The molecule has 0 spiro atoms. The average Bonchev–Trinajstić information content (AvgIpc) is 3.16. The van der Waals surface area contributed by atoms with Crippen LogP contribution < -0.4 is 0 Å². The van der Waals surface area contributed by atoms with Crippen molar-refractivity contribution in [3.05, 3.63) is 23.8 Å². The molecule has 0 saturated carbocycles. The van der Waals surface area contributed by atoms with E-state index >= 15 is 0 Å². The maximum absolute atomic E-state index is 12.6. The third kappa shape index (κ3) is 2.36. The maximum atomic E-state index is 12.6. The summed E-state index contributed by atoms with van der Waals surface area (Å²) in [5, 5.41) is 13.2. The van der Waals surface area contributed by atoms with Crippen LogP contribution in [0.1, 0.15) is 29.1 Å². The van der Waals surface area contributed by atoms with Crippen LogP contribution in [-0.2, 0) is 11.8 Å². The highest BCUT2D eigenvalue weighted by molar-refractivity contribution is 5.96. The van der Waals surface area contributed by atoms with Crippen molar-refractivity contribution in [2.45, 2.75) is 25.8 Å². The van der Waals surface area contributed by atoms with E-state index < -0.39 is 17.9 Å². The third-order valence-electron chi connectivity index (χ3n) is 3.75. The van der Waals surface area contributed by atoms with Crippen LogP contribution in [0.15, 0.2) is 16.8 Å². The molecule has 116 valence electrons. The Balaban J connectivity index is 1.90. The second-order valence-corrected chi connectivity index (χ2v) is 5.32. The summed E-state index contributed by atoms with van der Waals surface area (Å²) in [6, 6.07) is -0.787. The number of carboxylic acids is 1. The van der Waals surface area contributed by atoms with Crippen molar-refractivity contribution >= 4 is 11.9 Å². The first-order valence-corrected chi connectivity index (χ1v) is 6.97. The van der Waals surface area contributed by atoms with Gasteiger partial charge in [0, 0.05) is 19.8 Å². The molecule has 1 atom stereocenters. The van der Waals surface area contributed by atoms with Gasteiger partial charge in [-0.15, -0.1) is 0 Å². The molecule has 3 heterocycles. The van der Waals surface area contributed by atoms with E-state index in [-0.39, 0.29) is 5.69 Å². The molecule has 0 aromatic carbocycles. The van der Waals surface area contributed by atoms with Crippen LogP contribution in [0.25, 0.3) is 11.5 Å². The van der Waals surface area contributed by atoms with Crippen molar-refractivity contribution in [2.24, 2.45) is 7.05 Å². The zero-order valence-electron chi connectivity index (χ0n) is 12.3. The van der Waals surface area contributed by atoms with Crippen LogP contribution in [0.5, 0.6) is 0 Å². The van der Waals surface area contributed by atoms with Crippen molar-refractivity contribution in [3.63, 3.8) is 0 Å². The minimum absolute atomic E-state index is 0.159. The van der Waals surface area contributed by atoms with Gasteiger partial charge >= 0.3 is 5.97 Å². The fraction of sp³-hybridized carbons (Fsp3) is 0.429. The number of nitrogens with zero attached hydrogens (tertiary/aromatic N) is 4. The molecular formula is C14H16N4O4. The molecule has 0 bridgehead atoms. The predicted octanol–water partition coefficient (Wildman–Crippen LogP) is 1.07. The fourth-order valence-electron chi connectivity index (χ4n) is 2.65. The van der Waals surface area contributed by atoms with Crippen molar-refractivity contribution in [1.82, 2.24) is 19.7 Å². The summed E-state index contributed by atoms with van der Waals surface area (Å²) in [6.07, 6.45) is 4.47. The van der Waals surface area contributed by atoms with Crippen LogP contribution in [0, 0.1) is 6.92 Å². The SMILES string of the molecule is Cc1oc(-c2cnn(C)c2)nc1C(=O)N1CCCC1C(=O)O. The first-order valence-electron chi connectivity index (χ1n) is 6.97. The summed E-state index contributed by atoms with van der Waals surface area (Å²) in [4.78, 5) is 29.3. The zero-order chi connectivity index (χ0) is 15.9. The molecule has 1 saturated heterocycles. The smallest absolute Gasteiger partial charge is 0.326 e. The topological polar surface area (TPSA) is 101 Å². The van der Waals surface area contributed by atoms with Gasteiger partial charge in [0.1, 0.15) is 11.8 Å². The van der Waals surface area contributed by atoms with Crippen LogP contribution in [0.4, 0.5) is 0 Å². The minimum Gasteiger partial charge on any atom is -0.480 e. The van der Waals surface area contributed by atoms with E-state index in [1.54, 1.807) is 31.0 Å². The number of carbonyl (C=O) groups is 2. The quantitative estimate of drug-likeness (QED) is 0.910. The Kier molecular flexibility index (Phi) is 3.44. The Hall–Kier alpha value is -2.64. The highest BCUT2D eigenvalue weighted by Crippen LogP contribution is 2.25.